The van der Waals surface area contributed by atoms with E-state index >= 15 is 0 Å². The van der Waals surface area contributed by atoms with Crippen LogP contribution in [0.4, 0.5) is 11.5 Å². The maximum absolute atomic E-state index is 12.2. The van der Waals surface area contributed by atoms with E-state index in [2.05, 4.69) is 9.97 Å². The summed E-state index contributed by atoms with van der Waals surface area (Å²) in [6.07, 6.45) is 2.98. The maximum atomic E-state index is 12.2. The van der Waals surface area contributed by atoms with Crippen molar-refractivity contribution >= 4 is 17.4 Å². The van der Waals surface area contributed by atoms with Gasteiger partial charge in [-0.05, 0) is 18.2 Å². The van der Waals surface area contributed by atoms with E-state index < -0.39 is 4.92 Å². The number of amides is 1. The Bertz CT molecular complexity index is 660. The van der Waals surface area contributed by atoms with Gasteiger partial charge < -0.3 is 14.8 Å². The van der Waals surface area contributed by atoms with E-state index in [-0.39, 0.29) is 11.6 Å². The molecule has 0 atom stereocenters. The van der Waals surface area contributed by atoms with E-state index in [1.54, 1.807) is 29.3 Å². The summed E-state index contributed by atoms with van der Waals surface area (Å²) >= 11 is 0. The van der Waals surface area contributed by atoms with Gasteiger partial charge in [0.25, 0.3) is 11.6 Å². The van der Waals surface area contributed by atoms with Gasteiger partial charge in [-0.1, -0.05) is 0 Å². The topological polar surface area (TPSA) is 95.4 Å². The Morgan fingerprint density at radius 3 is 2.55 bits per heavy atom. The zero-order valence-corrected chi connectivity index (χ0v) is 11.8. The molecule has 114 valence electrons. The Labute approximate surface area is 126 Å². The van der Waals surface area contributed by atoms with Gasteiger partial charge in [0.2, 0.25) is 0 Å². The molecule has 2 aromatic heterocycles. The Morgan fingerprint density at radius 2 is 2.00 bits per heavy atom. The molecule has 0 bridgehead atoms. The Hall–Kier alpha value is -2.90. The lowest BCUT2D eigenvalue weighted by Crippen LogP contribution is -2.49. The van der Waals surface area contributed by atoms with Crippen molar-refractivity contribution in [3.8, 4) is 0 Å². The van der Waals surface area contributed by atoms with Crippen LogP contribution in [0.2, 0.25) is 0 Å². The molecule has 0 spiro atoms. The minimum Gasteiger partial charge on any atom is -0.357 e. The molecule has 1 N–H and O–H groups in total. The molecule has 1 amide bonds. The molecule has 1 aliphatic rings. The number of carbonyl (C=O) groups excluding carboxylic acids is 1. The van der Waals surface area contributed by atoms with Gasteiger partial charge in [-0.3, -0.25) is 14.9 Å². The molecule has 0 aliphatic carbocycles. The summed E-state index contributed by atoms with van der Waals surface area (Å²) in [4.78, 5) is 33.2. The Morgan fingerprint density at radius 1 is 1.23 bits per heavy atom. The first-order valence-electron chi connectivity index (χ1n) is 6.93. The Balaban J connectivity index is 1.62. The molecule has 1 aliphatic heterocycles. The van der Waals surface area contributed by atoms with Gasteiger partial charge in [0.15, 0.2) is 0 Å². The SMILES string of the molecule is O=C(c1ccc[nH]1)N1CCN(c2ccc([N+](=O)[O-])cn2)CC1. The fourth-order valence-electron chi connectivity index (χ4n) is 2.45. The number of rotatable bonds is 3. The number of hydrogen-bond acceptors (Lipinski definition) is 5. The first-order chi connectivity index (χ1) is 10.6. The van der Waals surface area contributed by atoms with E-state index in [9.17, 15) is 14.9 Å². The number of hydrogen-bond donors (Lipinski definition) is 1. The van der Waals surface area contributed by atoms with Crippen molar-refractivity contribution in [3.05, 3.63) is 52.5 Å². The molecule has 1 fully saturated rings. The average molecular weight is 301 g/mol. The fourth-order valence-corrected chi connectivity index (χ4v) is 2.45. The van der Waals surface area contributed by atoms with Crippen LogP contribution in [0.1, 0.15) is 10.5 Å². The molecule has 22 heavy (non-hydrogen) atoms. The van der Waals surface area contributed by atoms with Gasteiger partial charge in [-0.25, -0.2) is 4.98 Å². The van der Waals surface area contributed by atoms with Crippen LogP contribution in [0.3, 0.4) is 0 Å². The number of pyridine rings is 1. The van der Waals surface area contributed by atoms with Gasteiger partial charge in [0, 0.05) is 38.4 Å². The number of aromatic nitrogens is 2. The van der Waals surface area contributed by atoms with E-state index in [1.807, 2.05) is 4.90 Å². The third-order valence-electron chi connectivity index (χ3n) is 3.66. The molecule has 8 nitrogen and oxygen atoms in total. The minimum absolute atomic E-state index is 0.0127. The first-order valence-corrected chi connectivity index (χ1v) is 6.93. The number of aromatic amines is 1. The molecule has 0 saturated carbocycles. The van der Waals surface area contributed by atoms with Crippen LogP contribution in [0.15, 0.2) is 36.7 Å². The molecule has 2 aromatic rings. The fraction of sp³-hybridized carbons (Fsp3) is 0.286. The van der Waals surface area contributed by atoms with Crippen LogP contribution in [-0.4, -0.2) is 51.9 Å². The quantitative estimate of drug-likeness (QED) is 0.680. The summed E-state index contributed by atoms with van der Waals surface area (Å²) in [7, 11) is 0. The monoisotopic (exact) mass is 301 g/mol. The van der Waals surface area contributed by atoms with Gasteiger partial charge in [-0.15, -0.1) is 0 Å². The Kier molecular flexibility index (Phi) is 3.73. The molecule has 3 rings (SSSR count). The number of nitrogens with one attached hydrogen (secondary N) is 1. The van der Waals surface area contributed by atoms with Crippen LogP contribution < -0.4 is 4.90 Å². The van der Waals surface area contributed by atoms with Gasteiger partial charge in [0.1, 0.15) is 17.7 Å². The smallest absolute Gasteiger partial charge is 0.287 e. The highest BCUT2D eigenvalue weighted by atomic mass is 16.6. The third-order valence-corrected chi connectivity index (χ3v) is 3.66. The van der Waals surface area contributed by atoms with Crippen molar-refractivity contribution < 1.29 is 9.72 Å². The molecule has 8 heteroatoms. The predicted octanol–water partition coefficient (Wildman–Crippen LogP) is 1.28. The van der Waals surface area contributed by atoms with E-state index in [4.69, 9.17) is 0 Å². The largest absolute Gasteiger partial charge is 0.357 e. The summed E-state index contributed by atoms with van der Waals surface area (Å²) in [6.45, 7) is 2.49. The normalized spacial score (nSPS) is 14.9. The van der Waals surface area contributed by atoms with Crippen LogP contribution in [0, 0.1) is 10.1 Å². The van der Waals surface area contributed by atoms with Gasteiger partial charge in [-0.2, -0.15) is 0 Å². The van der Waals surface area contributed by atoms with Crippen molar-refractivity contribution in [1.29, 1.82) is 0 Å². The number of carbonyl (C=O) groups is 1. The standard InChI is InChI=1S/C14H15N5O3/c20-14(12-2-1-5-15-12)18-8-6-17(7-9-18)13-4-3-11(10-16-13)19(21)22/h1-5,10,15H,6-9H2. The molecule has 0 aromatic carbocycles. The van der Waals surface area contributed by atoms with Crippen LogP contribution in [0.5, 0.6) is 0 Å². The highest BCUT2D eigenvalue weighted by Crippen LogP contribution is 2.17. The number of piperazine rings is 1. The second-order valence-electron chi connectivity index (χ2n) is 4.99. The number of nitro groups is 1. The second-order valence-corrected chi connectivity index (χ2v) is 4.99. The maximum Gasteiger partial charge on any atom is 0.287 e. The van der Waals surface area contributed by atoms with Crippen molar-refractivity contribution in [1.82, 2.24) is 14.9 Å². The molecule has 1 saturated heterocycles. The molecule has 0 unspecified atom stereocenters. The van der Waals surface area contributed by atoms with Crippen LogP contribution >= 0.6 is 0 Å². The highest BCUT2D eigenvalue weighted by molar-refractivity contribution is 5.92. The third kappa shape index (κ3) is 2.76. The second kappa shape index (κ2) is 5.84. The minimum atomic E-state index is -0.469. The summed E-state index contributed by atoms with van der Waals surface area (Å²) in [6, 6.07) is 6.64. The average Bonchev–Trinajstić information content (AvgIpc) is 3.09. The van der Waals surface area contributed by atoms with Crippen LogP contribution in [0.25, 0.3) is 0 Å². The zero-order chi connectivity index (χ0) is 15.5. The molecule has 0 radical (unpaired) electrons. The van der Waals surface area contributed by atoms with E-state index in [0.717, 1.165) is 0 Å². The summed E-state index contributed by atoms with van der Waals surface area (Å²) in [5, 5.41) is 10.6. The van der Waals surface area contributed by atoms with Crippen molar-refractivity contribution in [2.45, 2.75) is 0 Å². The lowest BCUT2D eigenvalue weighted by atomic mass is 10.2. The van der Waals surface area contributed by atoms with Crippen molar-refractivity contribution in [3.63, 3.8) is 0 Å². The van der Waals surface area contributed by atoms with E-state index in [0.29, 0.717) is 37.7 Å². The summed E-state index contributed by atoms with van der Waals surface area (Å²) in [5.74, 6) is 0.680. The van der Waals surface area contributed by atoms with Crippen molar-refractivity contribution in [2.24, 2.45) is 0 Å². The highest BCUT2D eigenvalue weighted by Gasteiger charge is 2.23. The van der Waals surface area contributed by atoms with E-state index in [1.165, 1.54) is 12.3 Å². The number of nitrogens with zero attached hydrogens (tertiary/aromatic N) is 4. The predicted molar refractivity (Wildman–Crippen MR) is 79.8 cm³/mol. The number of anilines is 1. The lowest BCUT2D eigenvalue weighted by Gasteiger charge is -2.35. The molecular weight excluding hydrogens is 286 g/mol. The van der Waals surface area contributed by atoms with Gasteiger partial charge >= 0.3 is 0 Å². The number of H-pyrrole nitrogens is 1. The summed E-state index contributed by atoms with van der Waals surface area (Å²) in [5.41, 5.74) is 0.561. The lowest BCUT2D eigenvalue weighted by molar-refractivity contribution is -0.385. The van der Waals surface area contributed by atoms with Crippen molar-refractivity contribution in [2.75, 3.05) is 31.1 Å². The molecular formula is C14H15N5O3. The zero-order valence-electron chi connectivity index (χ0n) is 11.8. The van der Waals surface area contributed by atoms with Gasteiger partial charge in [0.05, 0.1) is 4.92 Å². The molecule has 3 heterocycles. The van der Waals surface area contributed by atoms with Crippen LogP contribution in [-0.2, 0) is 0 Å². The first kappa shape index (κ1) is 14.1. The summed E-state index contributed by atoms with van der Waals surface area (Å²) < 4.78 is 0.